The van der Waals surface area contributed by atoms with Crippen molar-refractivity contribution >= 4 is 5.91 Å². The van der Waals surface area contributed by atoms with Gasteiger partial charge in [0.25, 0.3) is 5.91 Å². The normalized spacial score (nSPS) is 37.2. The van der Waals surface area contributed by atoms with Crippen molar-refractivity contribution in [3.05, 3.63) is 0 Å². The minimum atomic E-state index is -0.671. The fraction of sp³-hybridized carbons (Fsp3) is 0.857. The van der Waals surface area contributed by atoms with E-state index in [1.54, 1.807) is 0 Å². The van der Waals surface area contributed by atoms with E-state index < -0.39 is 12.2 Å². The molecule has 0 radical (unpaired) electrons. The molecule has 0 bridgehead atoms. The van der Waals surface area contributed by atoms with Gasteiger partial charge in [0.05, 0.1) is 12.2 Å². The summed E-state index contributed by atoms with van der Waals surface area (Å²) in [5.41, 5.74) is 0. The summed E-state index contributed by atoms with van der Waals surface area (Å²) in [5.74, 6) is -0.248. The molecule has 3 atom stereocenters. The molecule has 0 aromatic heterocycles. The third kappa shape index (κ3) is 1.70. The second kappa shape index (κ2) is 3.19. The van der Waals surface area contributed by atoms with E-state index in [-0.39, 0.29) is 12.0 Å². The number of ether oxygens (including phenoxy) is 1. The standard InChI is InChI=1S/C7H13NO3/c1-4-3-5(9)6(11-4)7(10)8-2/h4-6,9H,3H2,1-2H3,(H,8,10)/t4-,5+,6-/m0/s1. The smallest absolute Gasteiger partial charge is 0.251 e. The number of nitrogens with one attached hydrogen (secondary N) is 1. The molecule has 0 aromatic carbocycles. The summed E-state index contributed by atoms with van der Waals surface area (Å²) < 4.78 is 5.16. The molecule has 1 fully saturated rings. The van der Waals surface area contributed by atoms with Crippen molar-refractivity contribution in [2.24, 2.45) is 0 Å². The van der Waals surface area contributed by atoms with Gasteiger partial charge >= 0.3 is 0 Å². The lowest BCUT2D eigenvalue weighted by molar-refractivity contribution is -0.134. The Morgan fingerprint density at radius 2 is 2.36 bits per heavy atom. The molecule has 64 valence electrons. The SMILES string of the molecule is CNC(=O)[C@H]1O[C@@H](C)C[C@H]1O. The topological polar surface area (TPSA) is 58.6 Å². The van der Waals surface area contributed by atoms with E-state index in [0.29, 0.717) is 6.42 Å². The van der Waals surface area contributed by atoms with Gasteiger partial charge in [-0.3, -0.25) is 4.79 Å². The van der Waals surface area contributed by atoms with Crippen LogP contribution in [0.15, 0.2) is 0 Å². The summed E-state index contributed by atoms with van der Waals surface area (Å²) in [7, 11) is 1.53. The van der Waals surface area contributed by atoms with Crippen LogP contribution in [-0.2, 0) is 9.53 Å². The van der Waals surface area contributed by atoms with Crippen molar-refractivity contribution < 1.29 is 14.6 Å². The van der Waals surface area contributed by atoms with Crippen LogP contribution in [0.3, 0.4) is 0 Å². The first kappa shape index (κ1) is 8.49. The van der Waals surface area contributed by atoms with Crippen molar-refractivity contribution in [2.75, 3.05) is 7.05 Å². The first-order valence-electron chi connectivity index (χ1n) is 3.70. The Hall–Kier alpha value is -0.610. The van der Waals surface area contributed by atoms with Gasteiger partial charge in [0.2, 0.25) is 0 Å². The van der Waals surface area contributed by atoms with Crippen molar-refractivity contribution in [3.8, 4) is 0 Å². The van der Waals surface area contributed by atoms with E-state index >= 15 is 0 Å². The second-order valence-electron chi connectivity index (χ2n) is 2.78. The first-order chi connectivity index (χ1) is 5.15. The van der Waals surface area contributed by atoms with E-state index in [9.17, 15) is 9.90 Å². The molecule has 1 aliphatic rings. The predicted molar refractivity (Wildman–Crippen MR) is 39.0 cm³/mol. The molecule has 4 heteroatoms. The van der Waals surface area contributed by atoms with Crippen molar-refractivity contribution in [2.45, 2.75) is 31.7 Å². The van der Waals surface area contributed by atoms with Crippen LogP contribution < -0.4 is 5.32 Å². The van der Waals surface area contributed by atoms with E-state index in [4.69, 9.17) is 4.74 Å². The zero-order chi connectivity index (χ0) is 8.43. The lowest BCUT2D eigenvalue weighted by Crippen LogP contribution is -2.38. The molecule has 0 spiro atoms. The quantitative estimate of drug-likeness (QED) is 0.530. The molecule has 11 heavy (non-hydrogen) atoms. The number of likely N-dealkylation sites (N-methyl/N-ethyl adjacent to an activating group) is 1. The molecule has 0 saturated carbocycles. The fourth-order valence-corrected chi connectivity index (χ4v) is 1.24. The Labute approximate surface area is 65.5 Å². The van der Waals surface area contributed by atoms with Crippen LogP contribution in [0, 0.1) is 0 Å². The van der Waals surface area contributed by atoms with E-state index in [1.165, 1.54) is 7.05 Å². The lowest BCUT2D eigenvalue weighted by Gasteiger charge is -2.11. The highest BCUT2D eigenvalue weighted by molar-refractivity contribution is 5.81. The van der Waals surface area contributed by atoms with E-state index in [1.807, 2.05) is 6.92 Å². The van der Waals surface area contributed by atoms with Crippen LogP contribution in [0.2, 0.25) is 0 Å². The van der Waals surface area contributed by atoms with Crippen LogP contribution in [0.5, 0.6) is 0 Å². The molecule has 4 nitrogen and oxygen atoms in total. The average molecular weight is 159 g/mol. The van der Waals surface area contributed by atoms with Crippen molar-refractivity contribution in [1.82, 2.24) is 5.32 Å². The third-order valence-corrected chi connectivity index (χ3v) is 1.81. The van der Waals surface area contributed by atoms with Gasteiger partial charge in [-0.05, 0) is 6.92 Å². The number of hydrogen-bond donors (Lipinski definition) is 2. The summed E-state index contributed by atoms with van der Waals surface area (Å²) in [6, 6.07) is 0. The molecule has 2 N–H and O–H groups in total. The third-order valence-electron chi connectivity index (χ3n) is 1.81. The molecule has 1 amide bonds. The maximum atomic E-state index is 11.0. The zero-order valence-corrected chi connectivity index (χ0v) is 6.70. The Balaban J connectivity index is 2.52. The molecule has 1 rings (SSSR count). The zero-order valence-electron chi connectivity index (χ0n) is 6.70. The Bertz CT molecular complexity index is 160. The Morgan fingerprint density at radius 1 is 1.73 bits per heavy atom. The highest BCUT2D eigenvalue weighted by Gasteiger charge is 2.35. The number of carbonyl (C=O) groups is 1. The molecule has 1 aliphatic heterocycles. The summed E-state index contributed by atoms with van der Waals surface area (Å²) in [6.45, 7) is 1.84. The van der Waals surface area contributed by atoms with E-state index in [2.05, 4.69) is 5.32 Å². The average Bonchev–Trinajstić information content (AvgIpc) is 2.28. The first-order valence-corrected chi connectivity index (χ1v) is 3.70. The second-order valence-corrected chi connectivity index (χ2v) is 2.78. The maximum absolute atomic E-state index is 11.0. The van der Waals surface area contributed by atoms with Crippen LogP contribution in [0.25, 0.3) is 0 Å². The largest absolute Gasteiger partial charge is 0.390 e. The Kier molecular flexibility index (Phi) is 2.46. The highest BCUT2D eigenvalue weighted by Crippen LogP contribution is 2.19. The van der Waals surface area contributed by atoms with Crippen LogP contribution >= 0.6 is 0 Å². The number of aliphatic hydroxyl groups excluding tert-OH is 1. The number of carbonyl (C=O) groups excluding carboxylic acids is 1. The van der Waals surface area contributed by atoms with E-state index in [0.717, 1.165) is 0 Å². The van der Waals surface area contributed by atoms with Crippen molar-refractivity contribution in [1.29, 1.82) is 0 Å². The predicted octanol–water partition coefficient (Wildman–Crippen LogP) is -0.729. The maximum Gasteiger partial charge on any atom is 0.251 e. The van der Waals surface area contributed by atoms with Crippen LogP contribution in [0.1, 0.15) is 13.3 Å². The lowest BCUT2D eigenvalue weighted by atomic mass is 10.1. The van der Waals surface area contributed by atoms with Crippen LogP contribution in [0.4, 0.5) is 0 Å². The minimum Gasteiger partial charge on any atom is -0.390 e. The molecule has 1 heterocycles. The molecule has 1 saturated heterocycles. The van der Waals surface area contributed by atoms with Gasteiger partial charge < -0.3 is 15.2 Å². The number of amides is 1. The van der Waals surface area contributed by atoms with Gasteiger partial charge in [-0.2, -0.15) is 0 Å². The Morgan fingerprint density at radius 3 is 2.73 bits per heavy atom. The summed E-state index contributed by atoms with van der Waals surface area (Å²) in [5, 5.41) is 11.7. The summed E-state index contributed by atoms with van der Waals surface area (Å²) in [4.78, 5) is 11.0. The van der Waals surface area contributed by atoms with Gasteiger partial charge in [-0.15, -0.1) is 0 Å². The molecule has 0 aromatic rings. The van der Waals surface area contributed by atoms with Gasteiger partial charge in [-0.25, -0.2) is 0 Å². The van der Waals surface area contributed by atoms with Gasteiger partial charge in [0.1, 0.15) is 0 Å². The van der Waals surface area contributed by atoms with Crippen LogP contribution in [-0.4, -0.2) is 36.4 Å². The fourth-order valence-electron chi connectivity index (χ4n) is 1.24. The molecule has 0 aliphatic carbocycles. The highest BCUT2D eigenvalue weighted by atomic mass is 16.5. The number of aliphatic hydroxyl groups is 1. The monoisotopic (exact) mass is 159 g/mol. The molecular weight excluding hydrogens is 146 g/mol. The van der Waals surface area contributed by atoms with Gasteiger partial charge in [0.15, 0.2) is 6.10 Å². The number of rotatable bonds is 1. The molecular formula is C7H13NO3. The van der Waals surface area contributed by atoms with Gasteiger partial charge in [-0.1, -0.05) is 0 Å². The van der Waals surface area contributed by atoms with Crippen molar-refractivity contribution in [3.63, 3.8) is 0 Å². The summed E-state index contributed by atoms with van der Waals surface area (Å²) >= 11 is 0. The molecule has 0 unspecified atom stereocenters. The van der Waals surface area contributed by atoms with Gasteiger partial charge in [0, 0.05) is 13.5 Å². The summed E-state index contributed by atoms with van der Waals surface area (Å²) in [6.07, 6.45) is -0.801. The minimum absolute atomic E-state index is 0.0210. The number of hydrogen-bond acceptors (Lipinski definition) is 3.